The van der Waals surface area contributed by atoms with Gasteiger partial charge in [0.1, 0.15) is 6.04 Å². The van der Waals surface area contributed by atoms with Crippen LogP contribution in [0, 0.1) is 11.8 Å². The van der Waals surface area contributed by atoms with Crippen molar-refractivity contribution < 1.29 is 24.3 Å². The lowest BCUT2D eigenvalue weighted by Gasteiger charge is -2.32. The fraction of sp³-hybridized carbons (Fsp3) is 0.545. The first-order chi connectivity index (χ1) is 19.8. The molecule has 0 radical (unpaired) electrons. The summed E-state index contributed by atoms with van der Waals surface area (Å²) in [7, 11) is 0. The summed E-state index contributed by atoms with van der Waals surface area (Å²) in [6, 6.07) is 17.9. The van der Waals surface area contributed by atoms with Crippen molar-refractivity contribution in [1.82, 2.24) is 15.7 Å². The highest BCUT2D eigenvalue weighted by Gasteiger charge is 2.36. The number of benzene rings is 2. The fourth-order valence-corrected chi connectivity index (χ4v) is 5.49. The van der Waals surface area contributed by atoms with Crippen molar-refractivity contribution in [2.75, 3.05) is 13.2 Å². The van der Waals surface area contributed by atoms with Crippen LogP contribution in [0.3, 0.4) is 0 Å². The molecule has 8 heteroatoms. The molecule has 3 atom stereocenters. The molecule has 41 heavy (non-hydrogen) atoms. The predicted octanol–water partition coefficient (Wildman–Crippen LogP) is 5.02. The van der Waals surface area contributed by atoms with E-state index >= 15 is 0 Å². The van der Waals surface area contributed by atoms with Crippen molar-refractivity contribution in [1.29, 1.82) is 0 Å². The Balaban J connectivity index is 1.60. The number of amides is 3. The first-order valence-corrected chi connectivity index (χ1v) is 15.1. The largest absolute Gasteiger partial charge is 0.375 e. The van der Waals surface area contributed by atoms with Crippen LogP contribution in [-0.2, 0) is 32.1 Å². The lowest BCUT2D eigenvalue weighted by Crippen LogP contribution is -2.54. The Kier molecular flexibility index (Phi) is 13.3. The van der Waals surface area contributed by atoms with Crippen molar-refractivity contribution in [2.24, 2.45) is 11.8 Å². The van der Waals surface area contributed by atoms with Gasteiger partial charge in [0.15, 0.2) is 0 Å². The number of rotatable bonds is 16. The van der Waals surface area contributed by atoms with Crippen molar-refractivity contribution in [3.8, 4) is 0 Å². The molecule has 0 saturated carbocycles. The standard InChI is InChI=1S/C33H47N3O5/c1-4-5-7-16-27(21-30(37)35-40)32(38)34-31(24(2)3)33(39)36-19-12-18-29(36)23-41-22-28-17-11-10-15-26(28)20-25-13-8-6-9-14-25/h6,8-11,13-15,17,24,27,29,31,40H,4-5,7,12,16,18-23H2,1-3H3,(H,34,38)(H,35,37)/t27-,29-,31+/m1/s1. The number of nitrogens with zero attached hydrogens (tertiary/aromatic N) is 1. The van der Waals surface area contributed by atoms with Gasteiger partial charge >= 0.3 is 0 Å². The number of ether oxygens (including phenoxy) is 1. The monoisotopic (exact) mass is 565 g/mol. The SMILES string of the molecule is CCCCC[C@H](CC(=O)NO)C(=O)N[C@H](C(=O)N1CCC[C@@H]1COCc1ccccc1Cc1ccccc1)C(C)C. The van der Waals surface area contributed by atoms with Gasteiger partial charge in [-0.15, -0.1) is 0 Å². The van der Waals surface area contributed by atoms with Gasteiger partial charge in [0.25, 0.3) is 0 Å². The van der Waals surface area contributed by atoms with E-state index in [0.29, 0.717) is 26.2 Å². The molecule has 3 amide bonds. The maximum atomic E-state index is 13.7. The smallest absolute Gasteiger partial charge is 0.245 e. The summed E-state index contributed by atoms with van der Waals surface area (Å²) in [6.07, 6.45) is 5.73. The predicted molar refractivity (Wildman–Crippen MR) is 159 cm³/mol. The van der Waals surface area contributed by atoms with Crippen LogP contribution in [0.5, 0.6) is 0 Å². The molecule has 0 aliphatic carbocycles. The number of carbonyl (C=O) groups excluding carboxylic acids is 3. The molecule has 3 N–H and O–H groups in total. The van der Waals surface area contributed by atoms with Crippen LogP contribution < -0.4 is 10.8 Å². The Labute approximate surface area is 244 Å². The molecule has 224 valence electrons. The highest BCUT2D eigenvalue weighted by molar-refractivity contribution is 5.91. The van der Waals surface area contributed by atoms with E-state index in [0.717, 1.165) is 44.1 Å². The average molecular weight is 566 g/mol. The molecular formula is C33H47N3O5. The number of unbranched alkanes of at least 4 members (excludes halogenated alkanes) is 2. The van der Waals surface area contributed by atoms with E-state index in [1.54, 1.807) is 5.48 Å². The molecule has 1 aliphatic rings. The van der Waals surface area contributed by atoms with E-state index in [4.69, 9.17) is 9.94 Å². The van der Waals surface area contributed by atoms with Gasteiger partial charge in [-0.25, -0.2) is 5.48 Å². The number of nitrogens with one attached hydrogen (secondary N) is 2. The topological polar surface area (TPSA) is 108 Å². The second kappa shape index (κ2) is 16.9. The van der Waals surface area contributed by atoms with Crippen molar-refractivity contribution in [3.05, 3.63) is 71.3 Å². The lowest BCUT2D eigenvalue weighted by molar-refractivity contribution is -0.141. The molecule has 0 unspecified atom stereocenters. The zero-order chi connectivity index (χ0) is 29.6. The van der Waals surface area contributed by atoms with E-state index < -0.39 is 17.9 Å². The molecule has 1 aliphatic heterocycles. The molecule has 2 aromatic rings. The minimum absolute atomic E-state index is 0.0533. The molecule has 0 spiro atoms. The summed E-state index contributed by atoms with van der Waals surface area (Å²) < 4.78 is 6.18. The summed E-state index contributed by atoms with van der Waals surface area (Å²) in [5.74, 6) is -1.75. The third-order valence-corrected chi connectivity index (χ3v) is 7.90. The van der Waals surface area contributed by atoms with Gasteiger partial charge in [0, 0.05) is 18.9 Å². The van der Waals surface area contributed by atoms with Crippen molar-refractivity contribution in [3.63, 3.8) is 0 Å². The van der Waals surface area contributed by atoms with Gasteiger partial charge in [-0.1, -0.05) is 94.6 Å². The van der Waals surface area contributed by atoms with Crippen LogP contribution in [-0.4, -0.2) is 53.1 Å². The van der Waals surface area contributed by atoms with E-state index in [1.165, 1.54) is 11.1 Å². The Morgan fingerprint density at radius 3 is 2.41 bits per heavy atom. The van der Waals surface area contributed by atoms with E-state index in [-0.39, 0.29) is 30.2 Å². The molecule has 1 fully saturated rings. The van der Waals surface area contributed by atoms with Crippen LogP contribution in [0.2, 0.25) is 0 Å². The Bertz CT molecular complexity index is 1110. The molecule has 8 nitrogen and oxygen atoms in total. The van der Waals surface area contributed by atoms with Crippen molar-refractivity contribution in [2.45, 2.75) is 90.8 Å². The van der Waals surface area contributed by atoms with Gasteiger partial charge in [-0.3, -0.25) is 19.6 Å². The Hall–Kier alpha value is -3.23. The summed E-state index contributed by atoms with van der Waals surface area (Å²) >= 11 is 0. The quantitative estimate of drug-likeness (QED) is 0.151. The lowest BCUT2D eigenvalue weighted by atomic mass is 9.94. The fourth-order valence-electron chi connectivity index (χ4n) is 5.49. The number of carbonyl (C=O) groups is 3. The number of likely N-dealkylation sites (tertiary alicyclic amines) is 1. The van der Waals surface area contributed by atoms with E-state index in [1.807, 2.05) is 49.1 Å². The van der Waals surface area contributed by atoms with Gasteiger partial charge in [-0.2, -0.15) is 0 Å². The maximum absolute atomic E-state index is 13.7. The molecule has 2 aromatic carbocycles. The van der Waals surface area contributed by atoms with Crippen LogP contribution in [0.4, 0.5) is 0 Å². The summed E-state index contributed by atoms with van der Waals surface area (Å²) in [5, 5.41) is 11.9. The number of hydrogen-bond acceptors (Lipinski definition) is 5. The zero-order valence-corrected chi connectivity index (χ0v) is 24.8. The average Bonchev–Trinajstić information content (AvgIpc) is 3.44. The molecule has 1 saturated heterocycles. The van der Waals surface area contributed by atoms with E-state index in [9.17, 15) is 14.4 Å². The van der Waals surface area contributed by atoms with Gasteiger partial charge in [-0.05, 0) is 48.3 Å². The molecule has 3 rings (SSSR count). The Morgan fingerprint density at radius 1 is 1.02 bits per heavy atom. The van der Waals surface area contributed by atoms with Gasteiger partial charge in [0.05, 0.1) is 19.3 Å². The van der Waals surface area contributed by atoms with Gasteiger partial charge in [0.2, 0.25) is 17.7 Å². The normalized spacial score (nSPS) is 16.4. The number of hydroxylamine groups is 1. The zero-order valence-electron chi connectivity index (χ0n) is 24.8. The minimum Gasteiger partial charge on any atom is -0.375 e. The first-order valence-electron chi connectivity index (χ1n) is 15.1. The van der Waals surface area contributed by atoms with E-state index in [2.05, 4.69) is 36.5 Å². The first kappa shape index (κ1) is 32.3. The third-order valence-electron chi connectivity index (χ3n) is 7.90. The molecule has 0 bridgehead atoms. The molecule has 1 heterocycles. The second-order valence-corrected chi connectivity index (χ2v) is 11.4. The Morgan fingerprint density at radius 2 is 1.73 bits per heavy atom. The number of hydrogen-bond donors (Lipinski definition) is 3. The summed E-state index contributed by atoms with van der Waals surface area (Å²) in [4.78, 5) is 40.7. The van der Waals surface area contributed by atoms with Crippen LogP contribution in [0.25, 0.3) is 0 Å². The molecular weight excluding hydrogens is 518 g/mol. The van der Waals surface area contributed by atoms with Crippen LogP contribution in [0.1, 0.15) is 82.4 Å². The van der Waals surface area contributed by atoms with Crippen LogP contribution >= 0.6 is 0 Å². The summed E-state index contributed by atoms with van der Waals surface area (Å²) in [5.41, 5.74) is 5.24. The summed E-state index contributed by atoms with van der Waals surface area (Å²) in [6.45, 7) is 7.44. The minimum atomic E-state index is -0.694. The highest BCUT2D eigenvalue weighted by Crippen LogP contribution is 2.23. The van der Waals surface area contributed by atoms with Gasteiger partial charge < -0.3 is 15.0 Å². The molecule has 0 aromatic heterocycles. The maximum Gasteiger partial charge on any atom is 0.245 e. The van der Waals surface area contributed by atoms with Crippen molar-refractivity contribution >= 4 is 17.7 Å². The second-order valence-electron chi connectivity index (χ2n) is 11.4. The highest BCUT2D eigenvalue weighted by atomic mass is 16.5. The van der Waals surface area contributed by atoms with Crippen LogP contribution in [0.15, 0.2) is 54.6 Å². The third kappa shape index (κ3) is 9.97.